The summed E-state index contributed by atoms with van der Waals surface area (Å²) in [5.74, 6) is 0. The first-order valence-corrected chi connectivity index (χ1v) is 6.70. The summed E-state index contributed by atoms with van der Waals surface area (Å²) in [4.78, 5) is 6.48. The number of fused-ring (bicyclic) bond motifs is 1. The van der Waals surface area contributed by atoms with Crippen LogP contribution in [-0.4, -0.2) is 31.0 Å². The number of nitrogens with zero attached hydrogens (tertiary/aromatic N) is 2. The minimum Gasteiger partial charge on any atom is -0.384 e. The lowest BCUT2D eigenvalue weighted by Gasteiger charge is -2.14. The molecule has 1 heterocycles. The number of aromatic nitrogens is 1. The zero-order chi connectivity index (χ0) is 12.3. The maximum atomic E-state index is 4.38. The third-order valence-corrected chi connectivity index (χ3v) is 3.05. The van der Waals surface area contributed by atoms with Crippen molar-refractivity contribution in [2.45, 2.75) is 0 Å². The molecule has 4 heteroatoms. The van der Waals surface area contributed by atoms with Crippen molar-refractivity contribution < 1.29 is 0 Å². The lowest BCUT2D eigenvalue weighted by molar-refractivity contribution is 1.13. The van der Waals surface area contributed by atoms with E-state index in [1.165, 1.54) is 11.1 Å². The van der Waals surface area contributed by atoms with E-state index in [0.29, 0.717) is 0 Å². The number of pyridine rings is 1. The Balaban J connectivity index is 2.48. The highest BCUT2D eigenvalue weighted by atomic mass is 79.9. The molecule has 0 saturated carbocycles. The van der Waals surface area contributed by atoms with Crippen LogP contribution in [0.4, 0.5) is 11.4 Å². The number of alkyl halides is 1. The SMILES string of the molecule is CN(C)c1ccc2nccc(NCCBr)c2c1. The lowest BCUT2D eigenvalue weighted by Crippen LogP contribution is -2.08. The molecule has 90 valence electrons. The number of hydrogen-bond acceptors (Lipinski definition) is 3. The van der Waals surface area contributed by atoms with Crippen LogP contribution in [0.5, 0.6) is 0 Å². The zero-order valence-corrected chi connectivity index (χ0v) is 11.7. The van der Waals surface area contributed by atoms with E-state index in [0.717, 1.165) is 23.1 Å². The first-order valence-electron chi connectivity index (χ1n) is 5.58. The van der Waals surface area contributed by atoms with E-state index in [1.54, 1.807) is 0 Å². The van der Waals surface area contributed by atoms with Crippen LogP contribution in [0.15, 0.2) is 30.5 Å². The van der Waals surface area contributed by atoms with Gasteiger partial charge in [0.05, 0.1) is 5.52 Å². The molecule has 0 amide bonds. The van der Waals surface area contributed by atoms with Gasteiger partial charge in [-0.15, -0.1) is 0 Å². The Labute approximate surface area is 110 Å². The fourth-order valence-electron chi connectivity index (χ4n) is 1.75. The zero-order valence-electron chi connectivity index (χ0n) is 10.1. The number of benzene rings is 1. The molecule has 1 aromatic carbocycles. The quantitative estimate of drug-likeness (QED) is 0.878. The summed E-state index contributed by atoms with van der Waals surface area (Å²) in [6.07, 6.45) is 1.84. The smallest absolute Gasteiger partial charge is 0.0724 e. The molecule has 0 atom stereocenters. The van der Waals surface area contributed by atoms with Gasteiger partial charge in [-0.1, -0.05) is 15.9 Å². The fourth-order valence-corrected chi connectivity index (χ4v) is 1.95. The number of anilines is 2. The molecule has 1 N–H and O–H groups in total. The standard InChI is InChI=1S/C13H16BrN3/c1-17(2)10-3-4-12-11(9-10)13(5-7-15-12)16-8-6-14/h3-5,7,9H,6,8H2,1-2H3,(H,15,16). The predicted molar refractivity (Wildman–Crippen MR) is 78.4 cm³/mol. The van der Waals surface area contributed by atoms with Gasteiger partial charge in [-0.3, -0.25) is 4.98 Å². The Morgan fingerprint density at radius 1 is 1.29 bits per heavy atom. The van der Waals surface area contributed by atoms with Gasteiger partial charge in [0.1, 0.15) is 0 Å². The van der Waals surface area contributed by atoms with Crippen LogP contribution in [0.1, 0.15) is 0 Å². The molecule has 0 unspecified atom stereocenters. The Hall–Kier alpha value is -1.29. The van der Waals surface area contributed by atoms with E-state index >= 15 is 0 Å². The van der Waals surface area contributed by atoms with Crippen molar-refractivity contribution in [3.05, 3.63) is 30.5 Å². The molecule has 3 nitrogen and oxygen atoms in total. The first-order chi connectivity index (χ1) is 8.22. The van der Waals surface area contributed by atoms with Crippen molar-refractivity contribution in [2.24, 2.45) is 0 Å². The van der Waals surface area contributed by atoms with Gasteiger partial charge in [0, 0.05) is 48.9 Å². The van der Waals surface area contributed by atoms with Gasteiger partial charge in [0.15, 0.2) is 0 Å². The highest BCUT2D eigenvalue weighted by molar-refractivity contribution is 9.09. The maximum Gasteiger partial charge on any atom is 0.0724 e. The average Bonchev–Trinajstić information content (AvgIpc) is 2.35. The molecule has 0 aliphatic heterocycles. The first kappa shape index (κ1) is 12.2. The van der Waals surface area contributed by atoms with Gasteiger partial charge >= 0.3 is 0 Å². The largest absolute Gasteiger partial charge is 0.384 e. The Morgan fingerprint density at radius 2 is 2.12 bits per heavy atom. The molecule has 0 saturated heterocycles. The summed E-state index contributed by atoms with van der Waals surface area (Å²) in [5.41, 5.74) is 3.35. The van der Waals surface area contributed by atoms with Crippen LogP contribution in [-0.2, 0) is 0 Å². The van der Waals surface area contributed by atoms with Crippen molar-refractivity contribution in [1.82, 2.24) is 4.98 Å². The van der Waals surface area contributed by atoms with E-state index in [1.807, 2.05) is 26.4 Å². The van der Waals surface area contributed by atoms with E-state index in [2.05, 4.69) is 49.3 Å². The Morgan fingerprint density at radius 3 is 2.82 bits per heavy atom. The lowest BCUT2D eigenvalue weighted by atomic mass is 10.1. The average molecular weight is 294 g/mol. The third kappa shape index (κ3) is 2.69. The number of hydrogen-bond donors (Lipinski definition) is 1. The van der Waals surface area contributed by atoms with Gasteiger partial charge < -0.3 is 10.2 Å². The summed E-state index contributed by atoms with van der Waals surface area (Å²) in [5, 5.41) is 5.50. The number of rotatable bonds is 4. The molecular formula is C13H16BrN3. The minimum atomic E-state index is 0.908. The van der Waals surface area contributed by atoms with Crippen molar-refractivity contribution in [3.8, 4) is 0 Å². The van der Waals surface area contributed by atoms with Crippen LogP contribution in [0.2, 0.25) is 0 Å². The highest BCUT2D eigenvalue weighted by Crippen LogP contribution is 2.25. The monoisotopic (exact) mass is 293 g/mol. The fraction of sp³-hybridized carbons (Fsp3) is 0.308. The summed E-state index contributed by atoms with van der Waals surface area (Å²) < 4.78 is 0. The summed E-state index contributed by atoms with van der Waals surface area (Å²) in [6.45, 7) is 0.908. The van der Waals surface area contributed by atoms with Gasteiger partial charge in [0.25, 0.3) is 0 Å². The summed E-state index contributed by atoms with van der Waals surface area (Å²) >= 11 is 3.42. The van der Waals surface area contributed by atoms with E-state index in [-0.39, 0.29) is 0 Å². The second-order valence-corrected chi connectivity index (χ2v) is 4.86. The van der Waals surface area contributed by atoms with Gasteiger partial charge in [-0.05, 0) is 24.3 Å². The predicted octanol–water partition coefficient (Wildman–Crippen LogP) is 3.11. The molecule has 0 bridgehead atoms. The molecule has 0 aliphatic rings. The molecule has 2 rings (SSSR count). The van der Waals surface area contributed by atoms with Crippen LogP contribution in [0.25, 0.3) is 10.9 Å². The van der Waals surface area contributed by atoms with Crippen LogP contribution in [0, 0.1) is 0 Å². The van der Waals surface area contributed by atoms with E-state index in [9.17, 15) is 0 Å². The van der Waals surface area contributed by atoms with Gasteiger partial charge in [0.2, 0.25) is 0 Å². The molecule has 0 spiro atoms. The van der Waals surface area contributed by atoms with E-state index < -0.39 is 0 Å². The van der Waals surface area contributed by atoms with Crippen molar-refractivity contribution in [1.29, 1.82) is 0 Å². The Bertz CT molecular complexity index is 511. The molecule has 1 aromatic heterocycles. The molecule has 0 fully saturated rings. The Kier molecular flexibility index (Phi) is 3.84. The van der Waals surface area contributed by atoms with Crippen molar-refractivity contribution in [2.75, 3.05) is 36.2 Å². The van der Waals surface area contributed by atoms with Crippen LogP contribution in [0.3, 0.4) is 0 Å². The van der Waals surface area contributed by atoms with Crippen molar-refractivity contribution >= 4 is 38.2 Å². The second-order valence-electron chi connectivity index (χ2n) is 4.07. The second kappa shape index (κ2) is 5.36. The number of nitrogens with one attached hydrogen (secondary N) is 1. The summed E-state index contributed by atoms with van der Waals surface area (Å²) in [7, 11) is 4.09. The van der Waals surface area contributed by atoms with Crippen LogP contribution >= 0.6 is 15.9 Å². The minimum absolute atomic E-state index is 0.908. The normalized spacial score (nSPS) is 10.5. The molecule has 17 heavy (non-hydrogen) atoms. The number of halogens is 1. The van der Waals surface area contributed by atoms with Gasteiger partial charge in [-0.2, -0.15) is 0 Å². The van der Waals surface area contributed by atoms with Gasteiger partial charge in [-0.25, -0.2) is 0 Å². The third-order valence-electron chi connectivity index (χ3n) is 2.65. The molecule has 0 radical (unpaired) electrons. The van der Waals surface area contributed by atoms with Crippen molar-refractivity contribution in [3.63, 3.8) is 0 Å². The molecule has 2 aromatic rings. The topological polar surface area (TPSA) is 28.2 Å². The summed E-state index contributed by atoms with van der Waals surface area (Å²) in [6, 6.07) is 8.33. The van der Waals surface area contributed by atoms with E-state index in [4.69, 9.17) is 0 Å². The molecule has 0 aliphatic carbocycles. The maximum absolute atomic E-state index is 4.38. The van der Waals surface area contributed by atoms with Crippen LogP contribution < -0.4 is 10.2 Å². The molecular weight excluding hydrogens is 278 g/mol. The highest BCUT2D eigenvalue weighted by Gasteiger charge is 2.03.